The Morgan fingerprint density at radius 1 is 1.03 bits per heavy atom. The molecule has 0 aromatic carbocycles. The molecule has 4 unspecified atom stereocenters. The van der Waals surface area contributed by atoms with Gasteiger partial charge in [0.2, 0.25) is 17.7 Å². The van der Waals surface area contributed by atoms with Gasteiger partial charge in [0.25, 0.3) is 0 Å². The minimum Gasteiger partial charge on any atom is -0.481 e. The van der Waals surface area contributed by atoms with Crippen LogP contribution < -0.4 is 21.7 Å². The summed E-state index contributed by atoms with van der Waals surface area (Å²) in [6.07, 6.45) is 1.84. The summed E-state index contributed by atoms with van der Waals surface area (Å²) in [6, 6.07) is -5.10. The van der Waals surface area contributed by atoms with Gasteiger partial charge < -0.3 is 42.0 Å². The number of carbonyl (C=O) groups is 5. The van der Waals surface area contributed by atoms with Crippen molar-refractivity contribution < 1.29 is 39.3 Å². The second-order valence-corrected chi connectivity index (χ2v) is 7.69. The van der Waals surface area contributed by atoms with Crippen molar-refractivity contribution >= 4 is 29.7 Å². The molecule has 3 amide bonds. The van der Waals surface area contributed by atoms with E-state index in [0.29, 0.717) is 5.69 Å². The van der Waals surface area contributed by atoms with E-state index in [1.807, 2.05) is 0 Å². The highest BCUT2D eigenvalue weighted by Crippen LogP contribution is 2.07. The van der Waals surface area contributed by atoms with Crippen molar-refractivity contribution in [2.45, 2.75) is 57.3 Å². The molecule has 4 atom stereocenters. The summed E-state index contributed by atoms with van der Waals surface area (Å²) in [4.78, 5) is 66.5. The van der Waals surface area contributed by atoms with Crippen LogP contribution in [0.25, 0.3) is 0 Å². The maximum atomic E-state index is 12.9. The number of nitrogens with two attached hydrogens (primary N) is 1. The van der Waals surface area contributed by atoms with E-state index in [-0.39, 0.29) is 12.8 Å². The SMILES string of the molecule is CC(C)C(NC(=O)C(N)CO)C(=O)NC(Cc1cnc[nH]1)C(=O)NC(CCC(=O)O)C(=O)O. The lowest BCUT2D eigenvalue weighted by molar-refractivity contribution is -0.143. The van der Waals surface area contributed by atoms with Crippen LogP contribution in [0.2, 0.25) is 0 Å². The Bertz CT molecular complexity index is 828. The second kappa shape index (κ2) is 13.1. The highest BCUT2D eigenvalue weighted by molar-refractivity contribution is 5.94. The summed E-state index contributed by atoms with van der Waals surface area (Å²) in [7, 11) is 0. The third-order valence-corrected chi connectivity index (χ3v) is 4.65. The maximum absolute atomic E-state index is 12.9. The fraction of sp³-hybridized carbons (Fsp3) is 0.579. The number of aromatic amines is 1. The minimum atomic E-state index is -1.49. The number of carboxylic acids is 2. The molecule has 0 spiro atoms. The van der Waals surface area contributed by atoms with Crippen LogP contribution in [0.3, 0.4) is 0 Å². The number of rotatable bonds is 14. The van der Waals surface area contributed by atoms with Crippen LogP contribution in [0, 0.1) is 5.92 Å². The lowest BCUT2D eigenvalue weighted by Gasteiger charge is -2.26. The first-order valence-electron chi connectivity index (χ1n) is 10.2. The number of imidazole rings is 1. The van der Waals surface area contributed by atoms with Gasteiger partial charge in [-0.05, 0) is 12.3 Å². The van der Waals surface area contributed by atoms with Gasteiger partial charge in [0.15, 0.2) is 0 Å². The summed E-state index contributed by atoms with van der Waals surface area (Å²) < 4.78 is 0. The van der Waals surface area contributed by atoms with Gasteiger partial charge in [-0.25, -0.2) is 9.78 Å². The van der Waals surface area contributed by atoms with E-state index in [2.05, 4.69) is 25.9 Å². The van der Waals surface area contributed by atoms with Gasteiger partial charge in [-0.3, -0.25) is 19.2 Å². The molecule has 0 radical (unpaired) electrons. The van der Waals surface area contributed by atoms with E-state index in [4.69, 9.17) is 15.9 Å². The zero-order valence-electron chi connectivity index (χ0n) is 18.3. The first kappa shape index (κ1) is 27.5. The molecule has 14 heteroatoms. The van der Waals surface area contributed by atoms with Crippen molar-refractivity contribution in [2.75, 3.05) is 6.61 Å². The molecule has 9 N–H and O–H groups in total. The van der Waals surface area contributed by atoms with E-state index in [9.17, 15) is 29.1 Å². The van der Waals surface area contributed by atoms with Crippen molar-refractivity contribution in [1.29, 1.82) is 0 Å². The Kier molecular flexibility index (Phi) is 10.9. The molecule has 0 bridgehead atoms. The fourth-order valence-electron chi connectivity index (χ4n) is 2.76. The van der Waals surface area contributed by atoms with Crippen LogP contribution in [-0.2, 0) is 30.4 Å². The monoisotopic (exact) mass is 470 g/mol. The topological polar surface area (TPSA) is 237 Å². The molecule has 1 aromatic heterocycles. The molecule has 0 saturated heterocycles. The van der Waals surface area contributed by atoms with Gasteiger partial charge in [-0.2, -0.15) is 0 Å². The largest absolute Gasteiger partial charge is 0.481 e. The number of aliphatic carboxylic acids is 2. The normalized spacial score (nSPS) is 14.6. The number of carboxylic acid groups (broad SMARTS) is 2. The van der Waals surface area contributed by atoms with Crippen LogP contribution in [0.1, 0.15) is 32.4 Å². The molecular formula is C19H30N6O8. The van der Waals surface area contributed by atoms with Gasteiger partial charge in [-0.15, -0.1) is 0 Å². The van der Waals surface area contributed by atoms with Crippen LogP contribution >= 0.6 is 0 Å². The Labute approximate surface area is 189 Å². The Balaban J connectivity index is 3.03. The maximum Gasteiger partial charge on any atom is 0.326 e. The second-order valence-electron chi connectivity index (χ2n) is 7.69. The van der Waals surface area contributed by atoms with Crippen LogP contribution in [0.15, 0.2) is 12.5 Å². The van der Waals surface area contributed by atoms with Gasteiger partial charge >= 0.3 is 11.9 Å². The average Bonchev–Trinajstić information content (AvgIpc) is 3.25. The first-order chi connectivity index (χ1) is 15.5. The van der Waals surface area contributed by atoms with Crippen molar-refractivity contribution in [1.82, 2.24) is 25.9 Å². The lowest BCUT2D eigenvalue weighted by Crippen LogP contribution is -2.59. The Morgan fingerprint density at radius 2 is 1.67 bits per heavy atom. The molecule has 33 heavy (non-hydrogen) atoms. The highest BCUT2D eigenvalue weighted by Gasteiger charge is 2.32. The highest BCUT2D eigenvalue weighted by atomic mass is 16.4. The third kappa shape index (κ3) is 9.24. The average molecular weight is 470 g/mol. The van der Waals surface area contributed by atoms with Gasteiger partial charge in [0, 0.05) is 24.7 Å². The minimum absolute atomic E-state index is 0.0856. The predicted octanol–water partition coefficient (Wildman–Crippen LogP) is -2.67. The summed E-state index contributed by atoms with van der Waals surface area (Å²) in [5, 5.41) is 34.2. The van der Waals surface area contributed by atoms with Crippen molar-refractivity contribution in [3.05, 3.63) is 18.2 Å². The number of H-pyrrole nitrogens is 1. The van der Waals surface area contributed by atoms with Gasteiger partial charge in [0.05, 0.1) is 12.9 Å². The quantitative estimate of drug-likeness (QED) is 0.140. The molecule has 0 aliphatic rings. The zero-order chi connectivity index (χ0) is 25.1. The van der Waals surface area contributed by atoms with Crippen molar-refractivity contribution in [3.63, 3.8) is 0 Å². The lowest BCUT2D eigenvalue weighted by atomic mass is 10.0. The van der Waals surface area contributed by atoms with E-state index < -0.39 is 72.8 Å². The Hall–Kier alpha value is -3.52. The molecule has 1 rings (SSSR count). The number of carbonyl (C=O) groups excluding carboxylic acids is 3. The molecule has 14 nitrogen and oxygen atoms in total. The number of hydrogen-bond donors (Lipinski definition) is 8. The standard InChI is InChI=1S/C19H30N6O8/c1-9(2)15(25-16(29)11(20)7-26)18(31)24-13(5-10-6-21-8-22-10)17(30)23-12(19(32)33)3-4-14(27)28/h6,8-9,11-13,15,26H,3-5,7,20H2,1-2H3,(H,21,22)(H,23,30)(H,24,31)(H,25,29)(H,27,28)(H,32,33). The van der Waals surface area contributed by atoms with E-state index in [1.54, 1.807) is 13.8 Å². The van der Waals surface area contributed by atoms with Crippen molar-refractivity contribution in [3.8, 4) is 0 Å². The Morgan fingerprint density at radius 3 is 2.15 bits per heavy atom. The van der Waals surface area contributed by atoms with Crippen LogP contribution in [0.4, 0.5) is 0 Å². The van der Waals surface area contributed by atoms with E-state index in [1.165, 1.54) is 12.5 Å². The number of amides is 3. The molecule has 1 aromatic rings. The summed E-state index contributed by atoms with van der Waals surface area (Å²) in [6.45, 7) is 2.66. The molecule has 0 fully saturated rings. The summed E-state index contributed by atoms with van der Waals surface area (Å²) >= 11 is 0. The van der Waals surface area contributed by atoms with E-state index >= 15 is 0 Å². The fourth-order valence-corrected chi connectivity index (χ4v) is 2.76. The number of aliphatic hydroxyl groups excluding tert-OH is 1. The van der Waals surface area contributed by atoms with E-state index in [0.717, 1.165) is 0 Å². The first-order valence-corrected chi connectivity index (χ1v) is 10.2. The smallest absolute Gasteiger partial charge is 0.326 e. The third-order valence-electron chi connectivity index (χ3n) is 4.65. The molecule has 0 aliphatic carbocycles. The number of nitrogens with zero attached hydrogens (tertiary/aromatic N) is 1. The predicted molar refractivity (Wildman–Crippen MR) is 112 cm³/mol. The van der Waals surface area contributed by atoms with Gasteiger partial charge in [0.1, 0.15) is 24.2 Å². The molecular weight excluding hydrogens is 440 g/mol. The molecule has 0 aliphatic heterocycles. The molecule has 0 saturated carbocycles. The molecule has 1 heterocycles. The molecule has 184 valence electrons. The number of nitrogens with one attached hydrogen (secondary N) is 4. The van der Waals surface area contributed by atoms with Crippen molar-refractivity contribution in [2.24, 2.45) is 11.7 Å². The zero-order valence-corrected chi connectivity index (χ0v) is 18.3. The number of aliphatic hydroxyl groups is 1. The number of aromatic nitrogens is 2. The van der Waals surface area contributed by atoms with Gasteiger partial charge in [-0.1, -0.05) is 13.8 Å². The summed E-state index contributed by atoms with van der Waals surface area (Å²) in [5.41, 5.74) is 5.93. The number of hydrogen-bond acceptors (Lipinski definition) is 8. The van der Waals surface area contributed by atoms with Crippen LogP contribution in [-0.4, -0.2) is 85.7 Å². The van der Waals surface area contributed by atoms with Crippen LogP contribution in [0.5, 0.6) is 0 Å². The summed E-state index contributed by atoms with van der Waals surface area (Å²) in [5.74, 6) is -5.44.